The summed E-state index contributed by atoms with van der Waals surface area (Å²) >= 11 is 0. The van der Waals surface area contributed by atoms with E-state index < -0.39 is 0 Å². The Kier molecular flexibility index (Phi) is 2.21. The van der Waals surface area contributed by atoms with E-state index >= 15 is 0 Å². The van der Waals surface area contributed by atoms with Crippen LogP contribution in [-0.2, 0) is 0 Å². The van der Waals surface area contributed by atoms with Crippen molar-refractivity contribution in [1.29, 1.82) is 5.41 Å². The molecule has 0 aliphatic rings. The molecule has 0 aliphatic heterocycles. The first-order valence-corrected chi connectivity index (χ1v) is 3.43. The molecule has 0 saturated heterocycles. The third-order valence-corrected chi connectivity index (χ3v) is 1.30. The maximum Gasteiger partial charge on any atom is 0.132 e. The fourth-order valence-corrected chi connectivity index (χ4v) is 0.874. The van der Waals surface area contributed by atoms with Crippen molar-refractivity contribution in [3.05, 3.63) is 24.3 Å². The van der Waals surface area contributed by atoms with Crippen molar-refractivity contribution in [1.82, 2.24) is 9.97 Å². The molecule has 2 N–H and O–H groups in total. The predicted molar refractivity (Wildman–Crippen MR) is 45.6 cm³/mol. The van der Waals surface area contributed by atoms with Gasteiger partial charge in [0.05, 0.1) is 0 Å². The summed E-state index contributed by atoms with van der Waals surface area (Å²) in [7, 11) is 0. The monoisotopic (exact) mass is 149 g/mol. The van der Waals surface area contributed by atoms with Gasteiger partial charge in [0.15, 0.2) is 0 Å². The summed E-state index contributed by atoms with van der Waals surface area (Å²) in [5.74, 6) is 0.830. The average Bonchev–Trinajstić information content (AvgIpc) is 2.35. The summed E-state index contributed by atoms with van der Waals surface area (Å²) in [5.41, 5.74) is 1.53. The number of hydrogen-bond donors (Lipinski definition) is 2. The molecule has 0 bridgehead atoms. The standard InChI is InChI=1S/C8H11N3/c1-6(5-7(2)9)8-10-3-4-11-8/h3-5,9H,1-2H3,(H,10,11)/b6-5-,9-7?. The number of allylic oxidation sites excluding steroid dienone is 2. The summed E-state index contributed by atoms with van der Waals surface area (Å²) in [5, 5.41) is 7.21. The van der Waals surface area contributed by atoms with Gasteiger partial charge in [0.2, 0.25) is 0 Å². The van der Waals surface area contributed by atoms with Gasteiger partial charge in [0.1, 0.15) is 5.82 Å². The van der Waals surface area contributed by atoms with Crippen LogP contribution in [0.5, 0.6) is 0 Å². The molecule has 0 aliphatic carbocycles. The molecule has 0 amide bonds. The lowest BCUT2D eigenvalue weighted by atomic mass is 10.2. The van der Waals surface area contributed by atoms with Crippen molar-refractivity contribution in [2.45, 2.75) is 13.8 Å². The Balaban J connectivity index is 2.86. The molecule has 11 heavy (non-hydrogen) atoms. The Morgan fingerprint density at radius 1 is 1.64 bits per heavy atom. The highest BCUT2D eigenvalue weighted by Gasteiger charge is 1.95. The smallest absolute Gasteiger partial charge is 0.132 e. The van der Waals surface area contributed by atoms with Gasteiger partial charge in [-0.2, -0.15) is 0 Å². The molecule has 1 heterocycles. The van der Waals surface area contributed by atoms with Crippen LogP contribution < -0.4 is 0 Å². The zero-order valence-electron chi connectivity index (χ0n) is 6.68. The van der Waals surface area contributed by atoms with Gasteiger partial charge >= 0.3 is 0 Å². The van der Waals surface area contributed by atoms with Crippen LogP contribution >= 0.6 is 0 Å². The highest BCUT2D eigenvalue weighted by molar-refractivity contribution is 5.95. The molecule has 1 rings (SSSR count). The fourth-order valence-electron chi connectivity index (χ4n) is 0.874. The third kappa shape index (κ3) is 2.04. The van der Waals surface area contributed by atoms with E-state index in [0.717, 1.165) is 11.4 Å². The fraction of sp³-hybridized carbons (Fsp3) is 0.250. The molecule has 0 unspecified atom stereocenters. The Morgan fingerprint density at radius 3 is 2.82 bits per heavy atom. The molecule has 0 spiro atoms. The van der Waals surface area contributed by atoms with E-state index in [1.165, 1.54) is 0 Å². The zero-order valence-corrected chi connectivity index (χ0v) is 6.68. The second-order valence-electron chi connectivity index (χ2n) is 2.45. The quantitative estimate of drug-likeness (QED) is 0.619. The van der Waals surface area contributed by atoms with E-state index in [4.69, 9.17) is 5.41 Å². The number of aromatic nitrogens is 2. The van der Waals surface area contributed by atoms with Crippen molar-refractivity contribution >= 4 is 11.3 Å². The molecule has 0 fully saturated rings. The second kappa shape index (κ2) is 3.14. The van der Waals surface area contributed by atoms with Gasteiger partial charge in [-0.15, -0.1) is 0 Å². The van der Waals surface area contributed by atoms with Gasteiger partial charge in [0.25, 0.3) is 0 Å². The first kappa shape index (κ1) is 7.72. The highest BCUT2D eigenvalue weighted by atomic mass is 14.9. The highest BCUT2D eigenvalue weighted by Crippen LogP contribution is 2.06. The van der Waals surface area contributed by atoms with Gasteiger partial charge in [-0.1, -0.05) is 0 Å². The molecule has 3 nitrogen and oxygen atoms in total. The Hall–Kier alpha value is -1.38. The van der Waals surface area contributed by atoms with Gasteiger partial charge < -0.3 is 10.4 Å². The van der Waals surface area contributed by atoms with E-state index in [9.17, 15) is 0 Å². The number of rotatable bonds is 2. The minimum atomic E-state index is 0.541. The van der Waals surface area contributed by atoms with Crippen LogP contribution in [0.15, 0.2) is 18.5 Å². The number of H-pyrrole nitrogens is 1. The van der Waals surface area contributed by atoms with E-state index in [0.29, 0.717) is 5.71 Å². The van der Waals surface area contributed by atoms with Crippen LogP contribution in [0.1, 0.15) is 19.7 Å². The number of aromatic amines is 1. The van der Waals surface area contributed by atoms with E-state index in [1.54, 1.807) is 25.4 Å². The molecule has 58 valence electrons. The Morgan fingerprint density at radius 2 is 2.36 bits per heavy atom. The summed E-state index contributed by atoms with van der Waals surface area (Å²) in [4.78, 5) is 7.01. The van der Waals surface area contributed by atoms with Gasteiger partial charge in [0, 0.05) is 18.1 Å². The van der Waals surface area contributed by atoms with Gasteiger partial charge in [-0.3, -0.25) is 0 Å². The topological polar surface area (TPSA) is 52.5 Å². The maximum atomic E-state index is 7.21. The number of nitrogens with one attached hydrogen (secondary N) is 2. The first-order valence-electron chi connectivity index (χ1n) is 3.43. The van der Waals surface area contributed by atoms with Gasteiger partial charge in [-0.25, -0.2) is 4.98 Å². The van der Waals surface area contributed by atoms with E-state index in [2.05, 4.69) is 9.97 Å². The molecular weight excluding hydrogens is 138 g/mol. The molecule has 1 aromatic rings. The van der Waals surface area contributed by atoms with E-state index in [1.807, 2.05) is 6.92 Å². The van der Waals surface area contributed by atoms with Crippen LogP contribution in [0, 0.1) is 5.41 Å². The third-order valence-electron chi connectivity index (χ3n) is 1.30. The maximum absolute atomic E-state index is 7.21. The number of hydrogen-bond acceptors (Lipinski definition) is 2. The first-order chi connectivity index (χ1) is 5.20. The lowest BCUT2D eigenvalue weighted by Gasteiger charge is -1.93. The summed E-state index contributed by atoms with van der Waals surface area (Å²) < 4.78 is 0. The summed E-state index contributed by atoms with van der Waals surface area (Å²) in [6.07, 6.45) is 5.25. The van der Waals surface area contributed by atoms with Crippen LogP contribution in [0.2, 0.25) is 0 Å². The van der Waals surface area contributed by atoms with Crippen molar-refractivity contribution in [3.63, 3.8) is 0 Å². The number of imidazole rings is 1. The van der Waals surface area contributed by atoms with Crippen LogP contribution in [0.4, 0.5) is 0 Å². The molecule has 3 heteroatoms. The summed E-state index contributed by atoms with van der Waals surface area (Å²) in [6, 6.07) is 0. The largest absolute Gasteiger partial charge is 0.345 e. The lowest BCUT2D eigenvalue weighted by Crippen LogP contribution is -1.86. The molecule has 0 radical (unpaired) electrons. The summed E-state index contributed by atoms with van der Waals surface area (Å²) in [6.45, 7) is 3.67. The normalized spacial score (nSPS) is 11.6. The van der Waals surface area contributed by atoms with E-state index in [-0.39, 0.29) is 0 Å². The van der Waals surface area contributed by atoms with Crippen molar-refractivity contribution in [2.24, 2.45) is 0 Å². The van der Waals surface area contributed by atoms with Crippen molar-refractivity contribution in [2.75, 3.05) is 0 Å². The predicted octanol–water partition coefficient (Wildman–Crippen LogP) is 1.85. The second-order valence-corrected chi connectivity index (χ2v) is 2.45. The molecule has 0 atom stereocenters. The number of nitrogens with zero attached hydrogens (tertiary/aromatic N) is 1. The minimum Gasteiger partial charge on any atom is -0.345 e. The van der Waals surface area contributed by atoms with Crippen LogP contribution in [-0.4, -0.2) is 15.7 Å². The molecule has 0 saturated carbocycles. The Labute approximate surface area is 65.7 Å². The lowest BCUT2D eigenvalue weighted by molar-refractivity contribution is 1.23. The zero-order chi connectivity index (χ0) is 8.27. The van der Waals surface area contributed by atoms with Crippen molar-refractivity contribution < 1.29 is 0 Å². The van der Waals surface area contributed by atoms with Crippen LogP contribution in [0.25, 0.3) is 5.57 Å². The molecular formula is C8H11N3. The SMILES string of the molecule is CC(=N)/C=C(/C)c1ncc[nH]1. The average molecular weight is 149 g/mol. The molecule has 0 aromatic carbocycles. The Bertz CT molecular complexity index is 270. The minimum absolute atomic E-state index is 0.541. The van der Waals surface area contributed by atoms with Crippen molar-refractivity contribution in [3.8, 4) is 0 Å². The van der Waals surface area contributed by atoms with Gasteiger partial charge in [-0.05, 0) is 25.5 Å². The van der Waals surface area contributed by atoms with Crippen LogP contribution in [0.3, 0.4) is 0 Å². The molecule has 1 aromatic heterocycles.